The molecule has 0 radical (unpaired) electrons. The van der Waals surface area contributed by atoms with Crippen LogP contribution >= 0.6 is 0 Å². The third-order valence-corrected chi connectivity index (χ3v) is 4.37. The van der Waals surface area contributed by atoms with E-state index in [4.69, 9.17) is 0 Å². The molecule has 0 bridgehead atoms. The highest BCUT2D eigenvalue weighted by Crippen LogP contribution is 2.06. The smallest absolute Gasteiger partial charge is 0.321 e. The quantitative estimate of drug-likeness (QED) is 0.613. The number of aromatic nitrogens is 2. The van der Waals surface area contributed by atoms with E-state index in [0.29, 0.717) is 13.0 Å². The molecule has 0 spiro atoms. The molecule has 3 aromatic rings. The van der Waals surface area contributed by atoms with Crippen molar-refractivity contribution >= 4 is 5.97 Å². The van der Waals surface area contributed by atoms with Crippen LogP contribution in [-0.4, -0.2) is 27.1 Å². The number of aliphatic carboxylic acids is 1. The molecule has 0 unspecified atom stereocenters. The average molecular weight is 361 g/mol. The van der Waals surface area contributed by atoms with Gasteiger partial charge in [-0.05, 0) is 24.0 Å². The Morgan fingerprint density at radius 2 is 1.44 bits per heavy atom. The van der Waals surface area contributed by atoms with Gasteiger partial charge in [0.05, 0.1) is 0 Å². The predicted molar refractivity (Wildman–Crippen MR) is 104 cm³/mol. The Morgan fingerprint density at radius 1 is 0.852 bits per heavy atom. The topological polar surface area (TPSA) is 75.1 Å². The number of rotatable bonds is 9. The third kappa shape index (κ3) is 6.01. The van der Waals surface area contributed by atoms with Crippen molar-refractivity contribution in [1.29, 1.82) is 0 Å². The largest absolute Gasteiger partial charge is 0.480 e. The van der Waals surface area contributed by atoms with Crippen molar-refractivity contribution in [2.75, 3.05) is 0 Å². The van der Waals surface area contributed by atoms with Crippen molar-refractivity contribution in [3.63, 3.8) is 0 Å². The molecule has 0 aliphatic heterocycles. The first-order chi connectivity index (χ1) is 13.2. The fourth-order valence-corrected chi connectivity index (χ4v) is 2.84. The highest BCUT2D eigenvalue weighted by Gasteiger charge is 2.17. The summed E-state index contributed by atoms with van der Waals surface area (Å²) in [5.41, 5.74) is 3.12. The maximum Gasteiger partial charge on any atom is 0.321 e. The lowest BCUT2D eigenvalue weighted by Gasteiger charge is -2.14. The standard InChI is InChI=1S/C22H23N3O2/c26-22(27)20(13-18-9-5-2-6-10-18)23-14-19-15-24-21(25-16-19)12-11-17-7-3-1-4-8-17/h1-10,15-16,20,23H,11-14H2,(H,26,27)/t20-/m0/s1. The number of carbonyl (C=O) groups is 1. The zero-order chi connectivity index (χ0) is 18.9. The molecule has 2 N–H and O–H groups in total. The van der Waals surface area contributed by atoms with Gasteiger partial charge in [0.1, 0.15) is 11.9 Å². The second kappa shape index (κ2) is 9.59. The van der Waals surface area contributed by atoms with Crippen molar-refractivity contribution in [2.45, 2.75) is 31.8 Å². The van der Waals surface area contributed by atoms with E-state index in [1.54, 1.807) is 12.4 Å². The van der Waals surface area contributed by atoms with Gasteiger partial charge in [0.2, 0.25) is 0 Å². The fourth-order valence-electron chi connectivity index (χ4n) is 2.84. The van der Waals surface area contributed by atoms with E-state index in [9.17, 15) is 9.90 Å². The van der Waals surface area contributed by atoms with E-state index in [0.717, 1.165) is 29.8 Å². The molecule has 1 heterocycles. The van der Waals surface area contributed by atoms with Gasteiger partial charge in [-0.1, -0.05) is 60.7 Å². The van der Waals surface area contributed by atoms with Crippen molar-refractivity contribution in [3.8, 4) is 0 Å². The summed E-state index contributed by atoms with van der Waals surface area (Å²) in [6, 6.07) is 19.2. The number of nitrogens with zero attached hydrogens (tertiary/aromatic N) is 2. The number of carboxylic acid groups (broad SMARTS) is 1. The molecule has 2 aromatic carbocycles. The number of carboxylic acids is 1. The van der Waals surface area contributed by atoms with Gasteiger partial charge in [0.25, 0.3) is 0 Å². The van der Waals surface area contributed by atoms with E-state index >= 15 is 0 Å². The minimum Gasteiger partial charge on any atom is -0.480 e. The van der Waals surface area contributed by atoms with Crippen LogP contribution in [0.3, 0.4) is 0 Å². The lowest BCUT2D eigenvalue weighted by molar-refractivity contribution is -0.139. The summed E-state index contributed by atoms with van der Waals surface area (Å²) < 4.78 is 0. The molecule has 0 saturated carbocycles. The van der Waals surface area contributed by atoms with Crippen LogP contribution in [0.5, 0.6) is 0 Å². The van der Waals surface area contributed by atoms with Crippen molar-refractivity contribution in [2.24, 2.45) is 0 Å². The minimum absolute atomic E-state index is 0.419. The summed E-state index contributed by atoms with van der Waals surface area (Å²) >= 11 is 0. The van der Waals surface area contributed by atoms with Gasteiger partial charge in [-0.15, -0.1) is 0 Å². The lowest BCUT2D eigenvalue weighted by atomic mass is 10.1. The Hall–Kier alpha value is -3.05. The summed E-state index contributed by atoms with van der Waals surface area (Å²) in [7, 11) is 0. The number of hydrogen-bond acceptors (Lipinski definition) is 4. The average Bonchev–Trinajstić information content (AvgIpc) is 2.71. The number of benzene rings is 2. The zero-order valence-electron chi connectivity index (χ0n) is 15.1. The molecule has 138 valence electrons. The molecule has 0 fully saturated rings. The molecular formula is C22H23N3O2. The van der Waals surface area contributed by atoms with Gasteiger partial charge in [0, 0.05) is 30.9 Å². The van der Waals surface area contributed by atoms with Gasteiger partial charge in [-0.25, -0.2) is 9.97 Å². The van der Waals surface area contributed by atoms with Crippen LogP contribution in [0, 0.1) is 0 Å². The fraction of sp³-hybridized carbons (Fsp3) is 0.227. The molecule has 27 heavy (non-hydrogen) atoms. The Labute approximate surface area is 159 Å². The number of aryl methyl sites for hydroxylation is 2. The maximum atomic E-state index is 11.5. The SMILES string of the molecule is O=C(O)[C@H](Cc1ccccc1)NCc1cnc(CCc2ccccc2)nc1. The van der Waals surface area contributed by atoms with E-state index in [1.807, 2.05) is 48.5 Å². The Bertz CT molecular complexity index is 836. The lowest BCUT2D eigenvalue weighted by Crippen LogP contribution is -2.38. The van der Waals surface area contributed by atoms with Crippen molar-refractivity contribution < 1.29 is 9.90 Å². The number of nitrogens with one attached hydrogen (secondary N) is 1. The highest BCUT2D eigenvalue weighted by atomic mass is 16.4. The summed E-state index contributed by atoms with van der Waals surface area (Å²) in [6.07, 6.45) is 5.65. The molecule has 0 saturated heterocycles. The normalized spacial score (nSPS) is 11.9. The minimum atomic E-state index is -0.862. The molecule has 1 atom stereocenters. The van der Waals surface area contributed by atoms with Crippen LogP contribution in [0.1, 0.15) is 22.5 Å². The molecule has 5 nitrogen and oxygen atoms in total. The van der Waals surface area contributed by atoms with Crippen LogP contribution in [-0.2, 0) is 30.6 Å². The van der Waals surface area contributed by atoms with Crippen LogP contribution in [0.15, 0.2) is 73.1 Å². The van der Waals surface area contributed by atoms with Crippen molar-refractivity contribution in [3.05, 3.63) is 95.6 Å². The zero-order valence-corrected chi connectivity index (χ0v) is 15.1. The van der Waals surface area contributed by atoms with E-state index in [1.165, 1.54) is 5.56 Å². The van der Waals surface area contributed by atoms with Crippen LogP contribution < -0.4 is 5.32 Å². The van der Waals surface area contributed by atoms with Gasteiger partial charge >= 0.3 is 5.97 Å². The first kappa shape index (κ1) is 18.7. The monoisotopic (exact) mass is 361 g/mol. The molecule has 5 heteroatoms. The summed E-state index contributed by atoms with van der Waals surface area (Å²) in [4.78, 5) is 20.3. The Balaban J connectivity index is 1.51. The number of hydrogen-bond donors (Lipinski definition) is 2. The molecule has 3 rings (SSSR count). The maximum absolute atomic E-state index is 11.5. The first-order valence-electron chi connectivity index (χ1n) is 9.04. The second-order valence-electron chi connectivity index (χ2n) is 6.45. The van der Waals surface area contributed by atoms with Crippen LogP contribution in [0.25, 0.3) is 0 Å². The van der Waals surface area contributed by atoms with E-state index in [-0.39, 0.29) is 0 Å². The van der Waals surface area contributed by atoms with Gasteiger partial charge < -0.3 is 5.11 Å². The summed E-state index contributed by atoms with van der Waals surface area (Å²) in [5.74, 6) is -0.0686. The summed E-state index contributed by atoms with van der Waals surface area (Å²) in [5, 5.41) is 12.5. The molecule has 0 aliphatic rings. The first-order valence-corrected chi connectivity index (χ1v) is 9.04. The Kier molecular flexibility index (Phi) is 6.66. The predicted octanol–water partition coefficient (Wildman–Crippen LogP) is 3.05. The molecular weight excluding hydrogens is 338 g/mol. The third-order valence-electron chi connectivity index (χ3n) is 4.37. The van der Waals surface area contributed by atoms with Crippen LogP contribution in [0.4, 0.5) is 0 Å². The molecule has 0 aliphatic carbocycles. The van der Waals surface area contributed by atoms with E-state index in [2.05, 4.69) is 27.4 Å². The Morgan fingerprint density at radius 3 is 2.04 bits per heavy atom. The van der Waals surface area contributed by atoms with Crippen LogP contribution in [0.2, 0.25) is 0 Å². The molecule has 1 aromatic heterocycles. The summed E-state index contributed by atoms with van der Waals surface area (Å²) in [6.45, 7) is 0.419. The molecule has 0 amide bonds. The highest BCUT2D eigenvalue weighted by molar-refractivity contribution is 5.73. The van der Waals surface area contributed by atoms with Crippen molar-refractivity contribution in [1.82, 2.24) is 15.3 Å². The van der Waals surface area contributed by atoms with Gasteiger partial charge in [-0.2, -0.15) is 0 Å². The van der Waals surface area contributed by atoms with E-state index < -0.39 is 12.0 Å². The van der Waals surface area contributed by atoms with Gasteiger partial charge in [0.15, 0.2) is 0 Å². The van der Waals surface area contributed by atoms with Gasteiger partial charge in [-0.3, -0.25) is 10.1 Å². The second-order valence-corrected chi connectivity index (χ2v) is 6.45.